The zero-order valence-corrected chi connectivity index (χ0v) is 23.4. The molecule has 0 aromatic heterocycles. The number of hydrogen-bond acceptors (Lipinski definition) is 0. The summed E-state index contributed by atoms with van der Waals surface area (Å²) in [5.41, 5.74) is 0. The maximum Gasteiger partial charge on any atom is -0.0414 e. The summed E-state index contributed by atoms with van der Waals surface area (Å²) in [5.74, 6) is 1.04. The van der Waals surface area contributed by atoms with E-state index in [0.717, 1.165) is 5.92 Å². The van der Waals surface area contributed by atoms with Crippen LogP contribution in [0.15, 0.2) is 0 Å². The van der Waals surface area contributed by atoms with E-state index in [9.17, 15) is 0 Å². The van der Waals surface area contributed by atoms with Crippen molar-refractivity contribution in [1.29, 1.82) is 0 Å². The Morgan fingerprint density at radius 3 is 0.781 bits per heavy atom. The molecule has 0 fully saturated rings. The third-order valence-electron chi connectivity index (χ3n) is 7.65. The first-order valence-corrected chi connectivity index (χ1v) is 15.8. The molecule has 0 aliphatic rings. The van der Waals surface area contributed by atoms with Gasteiger partial charge in [0.25, 0.3) is 0 Å². The van der Waals surface area contributed by atoms with Gasteiger partial charge in [-0.2, -0.15) is 0 Å². The summed E-state index contributed by atoms with van der Waals surface area (Å²) in [6.45, 7) is 6.99. The van der Waals surface area contributed by atoms with Gasteiger partial charge in [-0.3, -0.25) is 0 Å². The molecule has 0 saturated carbocycles. The first-order valence-electron chi connectivity index (χ1n) is 15.8. The van der Waals surface area contributed by atoms with Crippen molar-refractivity contribution in [2.75, 3.05) is 0 Å². The lowest BCUT2D eigenvalue weighted by molar-refractivity contribution is 0.371. The Labute approximate surface area is 206 Å². The maximum atomic E-state index is 2.35. The summed E-state index contributed by atoms with van der Waals surface area (Å²) in [7, 11) is 0. The van der Waals surface area contributed by atoms with Gasteiger partial charge in [0, 0.05) is 0 Å². The van der Waals surface area contributed by atoms with Crippen LogP contribution in [0.2, 0.25) is 0 Å². The van der Waals surface area contributed by atoms with Crippen molar-refractivity contribution in [1.82, 2.24) is 0 Å². The lowest BCUT2D eigenvalue weighted by atomic mass is 9.90. The second-order valence-electron chi connectivity index (χ2n) is 11.0. The molecule has 0 bridgehead atoms. The van der Waals surface area contributed by atoms with Gasteiger partial charge in [-0.25, -0.2) is 0 Å². The molecule has 0 aromatic carbocycles. The highest BCUT2D eigenvalue weighted by molar-refractivity contribution is 4.61. The molecular formula is C32H66. The molecule has 0 aliphatic carbocycles. The second kappa shape index (κ2) is 29.0. The Kier molecular flexibility index (Phi) is 29.0. The lowest BCUT2D eigenvalue weighted by Crippen LogP contribution is -2.01. The first-order chi connectivity index (χ1) is 15.8. The number of rotatable bonds is 28. The monoisotopic (exact) mass is 451 g/mol. The third-order valence-corrected chi connectivity index (χ3v) is 7.65. The molecule has 0 heteroatoms. The minimum Gasteiger partial charge on any atom is -0.0654 e. The van der Waals surface area contributed by atoms with E-state index in [2.05, 4.69) is 20.8 Å². The van der Waals surface area contributed by atoms with Crippen molar-refractivity contribution in [3.63, 3.8) is 0 Å². The fourth-order valence-corrected chi connectivity index (χ4v) is 5.30. The summed E-state index contributed by atoms with van der Waals surface area (Å²) in [6.07, 6.45) is 41.3. The minimum atomic E-state index is 1.04. The predicted molar refractivity (Wildman–Crippen MR) is 150 cm³/mol. The molecule has 0 amide bonds. The van der Waals surface area contributed by atoms with Gasteiger partial charge < -0.3 is 0 Å². The highest BCUT2D eigenvalue weighted by atomic mass is 14.1. The van der Waals surface area contributed by atoms with Gasteiger partial charge in [-0.15, -0.1) is 0 Å². The average molecular weight is 451 g/mol. The fourth-order valence-electron chi connectivity index (χ4n) is 5.30. The largest absolute Gasteiger partial charge is 0.0654 e. The summed E-state index contributed by atoms with van der Waals surface area (Å²) in [6, 6.07) is 0. The van der Waals surface area contributed by atoms with Gasteiger partial charge in [0.1, 0.15) is 0 Å². The molecule has 0 N–H and O–H groups in total. The SMILES string of the molecule is CCCCCCCCCCCCCCCCCCCCCC(CCCC)CCCCCC. The van der Waals surface area contributed by atoms with Gasteiger partial charge in [-0.05, 0) is 5.92 Å². The van der Waals surface area contributed by atoms with E-state index in [4.69, 9.17) is 0 Å². The fraction of sp³-hybridized carbons (Fsp3) is 1.00. The topological polar surface area (TPSA) is 0 Å². The predicted octanol–water partition coefficient (Wildman–Crippen LogP) is 12.6. The zero-order chi connectivity index (χ0) is 23.4. The molecule has 0 rings (SSSR count). The van der Waals surface area contributed by atoms with Gasteiger partial charge in [0.2, 0.25) is 0 Å². The van der Waals surface area contributed by atoms with Crippen molar-refractivity contribution < 1.29 is 0 Å². The van der Waals surface area contributed by atoms with Gasteiger partial charge in [0.15, 0.2) is 0 Å². The Bertz CT molecular complexity index is 307. The molecule has 0 saturated heterocycles. The molecular weight excluding hydrogens is 384 g/mol. The molecule has 1 atom stereocenters. The van der Waals surface area contributed by atoms with Gasteiger partial charge in [-0.1, -0.05) is 201 Å². The van der Waals surface area contributed by atoms with Gasteiger partial charge in [0.05, 0.1) is 0 Å². The summed E-state index contributed by atoms with van der Waals surface area (Å²) in [5, 5.41) is 0. The minimum absolute atomic E-state index is 1.04. The molecule has 0 spiro atoms. The van der Waals surface area contributed by atoms with E-state index in [1.165, 1.54) is 180 Å². The number of unbranched alkanes of at least 4 members (excludes halogenated alkanes) is 22. The zero-order valence-electron chi connectivity index (χ0n) is 23.4. The summed E-state index contributed by atoms with van der Waals surface area (Å²) >= 11 is 0. The van der Waals surface area contributed by atoms with Crippen LogP contribution in [-0.2, 0) is 0 Å². The smallest absolute Gasteiger partial charge is 0.0414 e. The summed E-state index contributed by atoms with van der Waals surface area (Å²) < 4.78 is 0. The van der Waals surface area contributed by atoms with Crippen LogP contribution in [0.3, 0.4) is 0 Å². The van der Waals surface area contributed by atoms with Crippen LogP contribution in [0.5, 0.6) is 0 Å². The lowest BCUT2D eigenvalue weighted by Gasteiger charge is -2.16. The van der Waals surface area contributed by atoms with E-state index in [-0.39, 0.29) is 0 Å². The van der Waals surface area contributed by atoms with Gasteiger partial charge >= 0.3 is 0 Å². The molecule has 1 unspecified atom stereocenters. The van der Waals surface area contributed by atoms with E-state index in [1.54, 1.807) is 0 Å². The first kappa shape index (κ1) is 32.0. The molecule has 32 heavy (non-hydrogen) atoms. The Balaban J connectivity index is 3.29. The number of hydrogen-bond donors (Lipinski definition) is 0. The molecule has 0 nitrogen and oxygen atoms in total. The van der Waals surface area contributed by atoms with Crippen molar-refractivity contribution in [2.45, 2.75) is 201 Å². The molecule has 0 radical (unpaired) electrons. The molecule has 0 aliphatic heterocycles. The highest BCUT2D eigenvalue weighted by Crippen LogP contribution is 2.24. The van der Waals surface area contributed by atoms with E-state index in [0.29, 0.717) is 0 Å². The third kappa shape index (κ3) is 26.3. The summed E-state index contributed by atoms with van der Waals surface area (Å²) in [4.78, 5) is 0. The van der Waals surface area contributed by atoms with Crippen molar-refractivity contribution in [2.24, 2.45) is 5.92 Å². The Hall–Kier alpha value is 0. The normalized spacial score (nSPS) is 12.5. The molecule has 0 heterocycles. The quantitative estimate of drug-likeness (QED) is 0.104. The van der Waals surface area contributed by atoms with Crippen molar-refractivity contribution >= 4 is 0 Å². The van der Waals surface area contributed by atoms with Crippen LogP contribution in [0, 0.1) is 5.92 Å². The second-order valence-corrected chi connectivity index (χ2v) is 11.0. The van der Waals surface area contributed by atoms with Crippen LogP contribution in [0.4, 0.5) is 0 Å². The van der Waals surface area contributed by atoms with E-state index < -0.39 is 0 Å². The van der Waals surface area contributed by atoms with Crippen molar-refractivity contribution in [3.8, 4) is 0 Å². The Morgan fingerprint density at radius 2 is 0.469 bits per heavy atom. The molecule has 0 aromatic rings. The van der Waals surface area contributed by atoms with E-state index >= 15 is 0 Å². The highest BCUT2D eigenvalue weighted by Gasteiger charge is 2.08. The van der Waals surface area contributed by atoms with Crippen molar-refractivity contribution in [3.05, 3.63) is 0 Å². The average Bonchev–Trinajstić information content (AvgIpc) is 2.81. The Morgan fingerprint density at radius 1 is 0.250 bits per heavy atom. The van der Waals surface area contributed by atoms with Crippen LogP contribution in [-0.4, -0.2) is 0 Å². The van der Waals surface area contributed by atoms with Crippen LogP contribution in [0.25, 0.3) is 0 Å². The molecule has 194 valence electrons. The van der Waals surface area contributed by atoms with Crippen LogP contribution in [0.1, 0.15) is 201 Å². The maximum absolute atomic E-state index is 2.35. The van der Waals surface area contributed by atoms with E-state index in [1.807, 2.05) is 0 Å². The standard InChI is InChI=1S/C32H66/c1-4-7-10-12-13-14-15-16-17-18-19-20-21-22-23-24-25-26-28-31-32(29-9-6-3)30-27-11-8-5-2/h32H,4-31H2,1-3H3. The van der Waals surface area contributed by atoms with Crippen LogP contribution >= 0.6 is 0 Å². The van der Waals surface area contributed by atoms with Crippen LogP contribution < -0.4 is 0 Å².